The summed E-state index contributed by atoms with van der Waals surface area (Å²) in [6, 6.07) is 15.8. The molecule has 2 aromatic carbocycles. The van der Waals surface area contributed by atoms with E-state index in [4.69, 9.17) is 0 Å². The lowest BCUT2D eigenvalue weighted by molar-refractivity contribution is -0.126. The fraction of sp³-hybridized carbons (Fsp3) is 0.269. The zero-order chi connectivity index (χ0) is 23.4. The number of carbonyl (C=O) groups is 2. The smallest absolute Gasteiger partial charge is 0.246 e. The minimum atomic E-state index is -0.108. The Morgan fingerprint density at radius 3 is 2.42 bits per heavy atom. The van der Waals surface area contributed by atoms with Crippen LogP contribution in [0.25, 0.3) is 6.08 Å². The molecule has 2 heterocycles. The molecule has 1 aliphatic heterocycles. The van der Waals surface area contributed by atoms with Crippen LogP contribution in [0.3, 0.4) is 0 Å². The summed E-state index contributed by atoms with van der Waals surface area (Å²) in [5.41, 5.74) is 5.27. The van der Waals surface area contributed by atoms with Crippen LogP contribution in [0.5, 0.6) is 0 Å². The van der Waals surface area contributed by atoms with E-state index < -0.39 is 0 Å². The number of thiazole rings is 1. The van der Waals surface area contributed by atoms with E-state index in [0.717, 1.165) is 18.8 Å². The molecule has 4 rings (SSSR count). The quantitative estimate of drug-likeness (QED) is 0.513. The number of nitrogens with zero attached hydrogens (tertiary/aromatic N) is 4. The summed E-state index contributed by atoms with van der Waals surface area (Å²) in [5, 5.41) is 2.44. The van der Waals surface area contributed by atoms with E-state index in [0.29, 0.717) is 23.9 Å². The van der Waals surface area contributed by atoms with Gasteiger partial charge in [0.05, 0.1) is 11.4 Å². The fourth-order valence-corrected chi connectivity index (χ4v) is 4.82. The van der Waals surface area contributed by atoms with Crippen LogP contribution in [-0.4, -0.2) is 47.9 Å². The minimum Gasteiger partial charge on any atom is -0.368 e. The predicted molar refractivity (Wildman–Crippen MR) is 135 cm³/mol. The van der Waals surface area contributed by atoms with Crippen LogP contribution in [0, 0.1) is 13.8 Å². The highest BCUT2D eigenvalue weighted by atomic mass is 32.1. The molecular formula is C26H28N4O2S. The van der Waals surface area contributed by atoms with Gasteiger partial charge in [0, 0.05) is 50.2 Å². The number of piperazine rings is 1. The number of hydrogen-bond donors (Lipinski definition) is 0. The zero-order valence-electron chi connectivity index (χ0n) is 19.2. The molecule has 0 aliphatic carbocycles. The number of hydrogen-bond acceptors (Lipinski definition) is 5. The van der Waals surface area contributed by atoms with Gasteiger partial charge in [-0.1, -0.05) is 30.3 Å². The van der Waals surface area contributed by atoms with Gasteiger partial charge in [0.2, 0.25) is 11.8 Å². The van der Waals surface area contributed by atoms with E-state index in [2.05, 4.69) is 41.9 Å². The normalized spacial score (nSPS) is 14.0. The van der Waals surface area contributed by atoms with Crippen molar-refractivity contribution in [2.24, 2.45) is 0 Å². The standard InChI is InChI=1S/C26H28N4O2S/c1-19-8-7-11-24(20(19)2)28-14-16-29(17-15-28)25(32)13-12-22-18-33-26(27-22)30(21(3)31)23-9-5-4-6-10-23/h4-13,18H,14-17H2,1-3H3/b13-12+. The number of para-hydroxylation sites is 1. The molecule has 0 atom stereocenters. The third kappa shape index (κ3) is 5.14. The van der Waals surface area contributed by atoms with Crippen LogP contribution in [0.15, 0.2) is 60.0 Å². The molecule has 33 heavy (non-hydrogen) atoms. The monoisotopic (exact) mass is 460 g/mol. The Labute approximate surface area is 198 Å². The van der Waals surface area contributed by atoms with Crippen molar-refractivity contribution in [3.8, 4) is 0 Å². The SMILES string of the molecule is CC(=O)N(c1ccccc1)c1nc(/C=C/C(=O)N2CCN(c3cccc(C)c3C)CC2)cs1. The Bertz CT molecular complexity index is 1160. The van der Waals surface area contributed by atoms with Gasteiger partial charge in [-0.3, -0.25) is 14.5 Å². The molecule has 1 aliphatic rings. The first-order chi connectivity index (χ1) is 15.9. The zero-order valence-corrected chi connectivity index (χ0v) is 20.0. The molecule has 3 aromatic rings. The van der Waals surface area contributed by atoms with Crippen molar-refractivity contribution in [2.45, 2.75) is 20.8 Å². The maximum Gasteiger partial charge on any atom is 0.246 e. The molecule has 1 aromatic heterocycles. The van der Waals surface area contributed by atoms with Crippen LogP contribution < -0.4 is 9.80 Å². The molecule has 0 spiro atoms. The Morgan fingerprint density at radius 2 is 1.73 bits per heavy atom. The highest BCUT2D eigenvalue weighted by Crippen LogP contribution is 2.29. The lowest BCUT2D eigenvalue weighted by Gasteiger charge is -2.36. The third-order valence-corrected chi connectivity index (χ3v) is 6.78. The number of anilines is 3. The van der Waals surface area contributed by atoms with Gasteiger partial charge in [-0.15, -0.1) is 11.3 Å². The Kier molecular flexibility index (Phi) is 6.89. The average Bonchev–Trinajstić information content (AvgIpc) is 3.28. The molecule has 1 fully saturated rings. The van der Waals surface area contributed by atoms with E-state index in [9.17, 15) is 9.59 Å². The number of amides is 2. The van der Waals surface area contributed by atoms with Gasteiger partial charge in [-0.05, 0) is 49.2 Å². The number of aryl methyl sites for hydroxylation is 1. The van der Waals surface area contributed by atoms with Gasteiger partial charge in [0.15, 0.2) is 5.13 Å². The van der Waals surface area contributed by atoms with Crippen molar-refractivity contribution in [2.75, 3.05) is 36.0 Å². The topological polar surface area (TPSA) is 56.8 Å². The van der Waals surface area contributed by atoms with Gasteiger partial charge >= 0.3 is 0 Å². The van der Waals surface area contributed by atoms with Crippen molar-refractivity contribution in [3.63, 3.8) is 0 Å². The number of aromatic nitrogens is 1. The summed E-state index contributed by atoms with van der Waals surface area (Å²) in [4.78, 5) is 35.3. The first-order valence-corrected chi connectivity index (χ1v) is 11.9. The molecule has 0 bridgehead atoms. The summed E-state index contributed by atoms with van der Waals surface area (Å²) >= 11 is 1.38. The second-order valence-corrected chi connectivity index (χ2v) is 8.95. The fourth-order valence-electron chi connectivity index (χ4n) is 3.97. The minimum absolute atomic E-state index is 0.0170. The van der Waals surface area contributed by atoms with Gasteiger partial charge in [-0.25, -0.2) is 4.98 Å². The Hall–Kier alpha value is -3.45. The lowest BCUT2D eigenvalue weighted by atomic mass is 10.1. The van der Waals surface area contributed by atoms with Gasteiger partial charge in [0.1, 0.15) is 0 Å². The molecule has 6 nitrogen and oxygen atoms in total. The summed E-state index contributed by atoms with van der Waals surface area (Å²) in [6.45, 7) is 8.80. The van der Waals surface area contributed by atoms with Gasteiger partial charge in [0.25, 0.3) is 0 Å². The molecule has 0 radical (unpaired) electrons. The van der Waals surface area contributed by atoms with E-state index in [1.54, 1.807) is 17.1 Å². The number of carbonyl (C=O) groups excluding carboxylic acids is 2. The first-order valence-electron chi connectivity index (χ1n) is 11.0. The van der Waals surface area contributed by atoms with Crippen molar-refractivity contribution in [1.82, 2.24) is 9.88 Å². The van der Waals surface area contributed by atoms with Crippen LogP contribution >= 0.6 is 11.3 Å². The molecule has 0 unspecified atom stereocenters. The highest BCUT2D eigenvalue weighted by molar-refractivity contribution is 7.14. The lowest BCUT2D eigenvalue weighted by Crippen LogP contribution is -2.48. The van der Waals surface area contributed by atoms with Crippen molar-refractivity contribution >= 4 is 45.7 Å². The molecule has 7 heteroatoms. The number of rotatable bonds is 5. The van der Waals surface area contributed by atoms with Crippen LogP contribution in [0.1, 0.15) is 23.7 Å². The van der Waals surface area contributed by atoms with E-state index in [1.807, 2.05) is 40.6 Å². The Balaban J connectivity index is 1.38. The number of benzene rings is 2. The first kappa shape index (κ1) is 22.7. The molecule has 1 saturated heterocycles. The molecule has 2 amide bonds. The van der Waals surface area contributed by atoms with Crippen molar-refractivity contribution in [3.05, 3.63) is 76.8 Å². The third-order valence-electron chi connectivity index (χ3n) is 5.94. The van der Waals surface area contributed by atoms with Crippen LogP contribution in [0.4, 0.5) is 16.5 Å². The summed E-state index contributed by atoms with van der Waals surface area (Å²) in [7, 11) is 0. The Morgan fingerprint density at radius 1 is 1.00 bits per heavy atom. The maximum absolute atomic E-state index is 12.7. The largest absolute Gasteiger partial charge is 0.368 e. The van der Waals surface area contributed by atoms with Crippen molar-refractivity contribution in [1.29, 1.82) is 0 Å². The van der Waals surface area contributed by atoms with E-state index >= 15 is 0 Å². The molecule has 0 N–H and O–H groups in total. The second-order valence-electron chi connectivity index (χ2n) is 8.11. The van der Waals surface area contributed by atoms with E-state index in [-0.39, 0.29) is 11.8 Å². The molecule has 170 valence electrons. The summed E-state index contributed by atoms with van der Waals surface area (Å²) in [6.07, 6.45) is 3.30. The molecular weight excluding hydrogens is 432 g/mol. The predicted octanol–water partition coefficient (Wildman–Crippen LogP) is 4.81. The maximum atomic E-state index is 12.7. The van der Waals surface area contributed by atoms with Crippen LogP contribution in [0.2, 0.25) is 0 Å². The van der Waals surface area contributed by atoms with E-state index in [1.165, 1.54) is 35.1 Å². The van der Waals surface area contributed by atoms with Gasteiger partial charge < -0.3 is 9.80 Å². The van der Waals surface area contributed by atoms with Crippen LogP contribution in [-0.2, 0) is 9.59 Å². The summed E-state index contributed by atoms with van der Waals surface area (Å²) < 4.78 is 0. The van der Waals surface area contributed by atoms with Gasteiger partial charge in [-0.2, -0.15) is 0 Å². The summed E-state index contributed by atoms with van der Waals surface area (Å²) in [5.74, 6) is -0.125. The van der Waals surface area contributed by atoms with Crippen molar-refractivity contribution < 1.29 is 9.59 Å². The molecule has 0 saturated carbocycles. The highest BCUT2D eigenvalue weighted by Gasteiger charge is 2.21. The average molecular weight is 461 g/mol. The second kappa shape index (κ2) is 10.0.